The first-order chi connectivity index (χ1) is 11.1. The van der Waals surface area contributed by atoms with Crippen LogP contribution in [0.4, 0.5) is 0 Å². The second-order valence-corrected chi connectivity index (χ2v) is 6.37. The van der Waals surface area contributed by atoms with Gasteiger partial charge in [0.2, 0.25) is 0 Å². The predicted molar refractivity (Wildman–Crippen MR) is 88.9 cm³/mol. The van der Waals surface area contributed by atoms with E-state index in [4.69, 9.17) is 5.11 Å². The molecule has 1 atom stereocenters. The molecule has 23 heavy (non-hydrogen) atoms. The summed E-state index contributed by atoms with van der Waals surface area (Å²) in [7, 11) is 0. The van der Waals surface area contributed by atoms with Crippen LogP contribution in [0.3, 0.4) is 0 Å². The Bertz CT molecular complexity index is 704. The van der Waals surface area contributed by atoms with E-state index in [1.54, 1.807) is 0 Å². The molecule has 2 N–H and O–H groups in total. The Morgan fingerprint density at radius 2 is 2.09 bits per heavy atom. The van der Waals surface area contributed by atoms with E-state index < -0.39 is 0 Å². The molecule has 1 aromatic heterocycles. The zero-order valence-corrected chi connectivity index (χ0v) is 13.7. The fourth-order valence-electron chi connectivity index (χ4n) is 2.93. The van der Waals surface area contributed by atoms with Gasteiger partial charge in [0.1, 0.15) is 0 Å². The van der Waals surface area contributed by atoms with Gasteiger partial charge in [-0.2, -0.15) is 5.10 Å². The van der Waals surface area contributed by atoms with Gasteiger partial charge in [0.15, 0.2) is 5.69 Å². The number of benzene rings is 1. The van der Waals surface area contributed by atoms with Crippen LogP contribution in [0.5, 0.6) is 0 Å². The maximum atomic E-state index is 12.5. The van der Waals surface area contributed by atoms with Crippen molar-refractivity contribution in [2.75, 3.05) is 13.2 Å². The molecule has 0 fully saturated rings. The average molecular weight is 313 g/mol. The molecular weight excluding hydrogens is 290 g/mol. The van der Waals surface area contributed by atoms with Crippen molar-refractivity contribution in [3.8, 4) is 5.69 Å². The SMILES string of the molecule is Cc1ccc(-n2nc(C(=O)NCC(C)CO)c3c2CCC3)cc1. The lowest BCUT2D eigenvalue weighted by Crippen LogP contribution is -2.30. The van der Waals surface area contributed by atoms with Gasteiger partial charge in [0.25, 0.3) is 5.91 Å². The summed E-state index contributed by atoms with van der Waals surface area (Å²) in [6.07, 6.45) is 2.92. The molecule has 0 saturated heterocycles. The van der Waals surface area contributed by atoms with E-state index in [0.717, 1.165) is 36.2 Å². The minimum absolute atomic E-state index is 0.0474. The molecule has 1 aliphatic carbocycles. The molecule has 5 nitrogen and oxygen atoms in total. The Morgan fingerprint density at radius 1 is 1.35 bits per heavy atom. The molecule has 5 heteroatoms. The molecule has 0 aliphatic heterocycles. The zero-order valence-electron chi connectivity index (χ0n) is 13.7. The fourth-order valence-corrected chi connectivity index (χ4v) is 2.93. The average Bonchev–Trinajstić information content (AvgIpc) is 3.15. The summed E-state index contributed by atoms with van der Waals surface area (Å²) in [6, 6.07) is 8.19. The highest BCUT2D eigenvalue weighted by molar-refractivity contribution is 5.94. The summed E-state index contributed by atoms with van der Waals surface area (Å²) in [5.74, 6) is -0.0968. The molecule has 1 aliphatic rings. The number of carbonyl (C=O) groups is 1. The molecule has 1 aromatic carbocycles. The number of hydrogen-bond donors (Lipinski definition) is 2. The third kappa shape index (κ3) is 3.15. The number of nitrogens with one attached hydrogen (secondary N) is 1. The van der Waals surface area contributed by atoms with Gasteiger partial charge in [-0.25, -0.2) is 4.68 Å². The lowest BCUT2D eigenvalue weighted by atomic mass is 10.1. The number of amides is 1. The molecule has 0 bridgehead atoms. The molecular formula is C18H23N3O2. The number of rotatable bonds is 5. The normalized spacial score (nSPS) is 14.6. The van der Waals surface area contributed by atoms with Crippen LogP contribution >= 0.6 is 0 Å². The number of nitrogens with zero attached hydrogens (tertiary/aromatic N) is 2. The molecule has 1 amide bonds. The summed E-state index contributed by atoms with van der Waals surface area (Å²) in [5.41, 5.74) is 4.95. The number of carbonyl (C=O) groups excluding carboxylic acids is 1. The first-order valence-corrected chi connectivity index (χ1v) is 8.17. The van der Waals surface area contributed by atoms with Crippen LogP contribution in [-0.2, 0) is 12.8 Å². The van der Waals surface area contributed by atoms with Crippen LogP contribution in [-0.4, -0.2) is 33.9 Å². The first-order valence-electron chi connectivity index (χ1n) is 8.17. The molecule has 2 aromatic rings. The van der Waals surface area contributed by atoms with Gasteiger partial charge in [-0.1, -0.05) is 24.6 Å². The number of aryl methyl sites for hydroxylation is 1. The molecule has 0 spiro atoms. The van der Waals surface area contributed by atoms with Gasteiger partial charge in [0.05, 0.1) is 5.69 Å². The van der Waals surface area contributed by atoms with Crippen molar-refractivity contribution >= 4 is 5.91 Å². The Labute approximate surface area is 136 Å². The Hall–Kier alpha value is -2.14. The smallest absolute Gasteiger partial charge is 0.272 e. The van der Waals surface area contributed by atoms with Crippen LogP contribution in [0.25, 0.3) is 5.69 Å². The van der Waals surface area contributed by atoms with Gasteiger partial charge in [-0.3, -0.25) is 4.79 Å². The topological polar surface area (TPSA) is 67.2 Å². The van der Waals surface area contributed by atoms with Gasteiger partial charge in [-0.05, 0) is 44.2 Å². The first kappa shape index (κ1) is 15.7. The van der Waals surface area contributed by atoms with E-state index in [-0.39, 0.29) is 18.4 Å². The predicted octanol–water partition coefficient (Wildman–Crippen LogP) is 2.03. The van der Waals surface area contributed by atoms with Gasteiger partial charge < -0.3 is 10.4 Å². The number of aliphatic hydroxyl groups excluding tert-OH is 1. The van der Waals surface area contributed by atoms with Crippen LogP contribution < -0.4 is 5.32 Å². The van der Waals surface area contributed by atoms with Crippen LogP contribution in [0, 0.1) is 12.8 Å². The van der Waals surface area contributed by atoms with E-state index in [0.29, 0.717) is 12.2 Å². The molecule has 0 radical (unpaired) electrons. The van der Waals surface area contributed by atoms with Crippen molar-refractivity contribution in [1.29, 1.82) is 0 Å². The minimum atomic E-state index is -0.144. The Balaban J connectivity index is 1.89. The third-order valence-electron chi connectivity index (χ3n) is 4.35. The van der Waals surface area contributed by atoms with Crippen molar-refractivity contribution < 1.29 is 9.90 Å². The van der Waals surface area contributed by atoms with Gasteiger partial charge in [-0.15, -0.1) is 0 Å². The second kappa shape index (κ2) is 6.54. The third-order valence-corrected chi connectivity index (χ3v) is 4.35. The second-order valence-electron chi connectivity index (χ2n) is 6.37. The summed E-state index contributed by atoms with van der Waals surface area (Å²) in [4.78, 5) is 12.5. The molecule has 0 saturated carbocycles. The van der Waals surface area contributed by atoms with Gasteiger partial charge >= 0.3 is 0 Å². The summed E-state index contributed by atoms with van der Waals surface area (Å²) in [5, 5.41) is 16.5. The van der Waals surface area contributed by atoms with Crippen LogP contribution in [0.15, 0.2) is 24.3 Å². The lowest BCUT2D eigenvalue weighted by Gasteiger charge is -2.09. The number of aromatic nitrogens is 2. The molecule has 1 unspecified atom stereocenters. The summed E-state index contributed by atoms with van der Waals surface area (Å²) >= 11 is 0. The highest BCUT2D eigenvalue weighted by atomic mass is 16.3. The largest absolute Gasteiger partial charge is 0.396 e. The van der Waals surface area contributed by atoms with Crippen molar-refractivity contribution in [2.45, 2.75) is 33.1 Å². The van der Waals surface area contributed by atoms with E-state index in [1.807, 2.05) is 23.7 Å². The van der Waals surface area contributed by atoms with E-state index in [1.165, 1.54) is 5.56 Å². The standard InChI is InChI=1S/C18H23N3O2/c1-12-6-8-14(9-7-12)21-16-5-3-4-15(16)17(20-21)18(23)19-10-13(2)11-22/h6-9,13,22H,3-5,10-11H2,1-2H3,(H,19,23). The number of aliphatic hydroxyl groups is 1. The lowest BCUT2D eigenvalue weighted by molar-refractivity contribution is 0.0936. The summed E-state index contributed by atoms with van der Waals surface area (Å²) in [6.45, 7) is 4.48. The molecule has 3 rings (SSSR count). The zero-order chi connectivity index (χ0) is 16.4. The summed E-state index contributed by atoms with van der Waals surface area (Å²) < 4.78 is 1.91. The van der Waals surface area contributed by atoms with E-state index in [9.17, 15) is 4.79 Å². The fraction of sp³-hybridized carbons (Fsp3) is 0.444. The van der Waals surface area contributed by atoms with E-state index >= 15 is 0 Å². The Morgan fingerprint density at radius 3 is 2.78 bits per heavy atom. The van der Waals surface area contributed by atoms with Crippen molar-refractivity contribution in [2.24, 2.45) is 5.92 Å². The monoisotopic (exact) mass is 313 g/mol. The quantitative estimate of drug-likeness (QED) is 0.887. The van der Waals surface area contributed by atoms with Gasteiger partial charge in [0, 0.05) is 24.4 Å². The molecule has 122 valence electrons. The van der Waals surface area contributed by atoms with Crippen molar-refractivity contribution in [3.05, 3.63) is 46.8 Å². The number of fused-ring (bicyclic) bond motifs is 1. The highest BCUT2D eigenvalue weighted by Crippen LogP contribution is 2.27. The van der Waals surface area contributed by atoms with Crippen LogP contribution in [0.1, 0.15) is 40.7 Å². The minimum Gasteiger partial charge on any atom is -0.396 e. The maximum Gasteiger partial charge on any atom is 0.272 e. The number of hydrogen-bond acceptors (Lipinski definition) is 3. The van der Waals surface area contributed by atoms with Crippen LogP contribution in [0.2, 0.25) is 0 Å². The highest BCUT2D eigenvalue weighted by Gasteiger charge is 2.26. The van der Waals surface area contributed by atoms with E-state index in [2.05, 4.69) is 29.5 Å². The molecule has 1 heterocycles. The Kier molecular flexibility index (Phi) is 4.48. The van der Waals surface area contributed by atoms with Crippen molar-refractivity contribution in [1.82, 2.24) is 15.1 Å². The van der Waals surface area contributed by atoms with Crippen molar-refractivity contribution in [3.63, 3.8) is 0 Å². The maximum absolute atomic E-state index is 12.5.